The van der Waals surface area contributed by atoms with Gasteiger partial charge < -0.3 is 15.7 Å². The quantitative estimate of drug-likeness (QED) is 0.626. The summed E-state index contributed by atoms with van der Waals surface area (Å²) >= 11 is 0. The molecule has 0 heterocycles. The maximum Gasteiger partial charge on any atom is 0.222 e. The van der Waals surface area contributed by atoms with Crippen molar-refractivity contribution in [3.05, 3.63) is 0 Å². The van der Waals surface area contributed by atoms with Gasteiger partial charge in [0.1, 0.15) is 0 Å². The number of rotatable bonds is 7. The minimum absolute atomic E-state index is 0.0792. The van der Waals surface area contributed by atoms with Crippen molar-refractivity contribution in [3.8, 4) is 0 Å². The summed E-state index contributed by atoms with van der Waals surface area (Å²) in [5.74, 6) is 0.137. The van der Waals surface area contributed by atoms with Crippen molar-refractivity contribution in [3.63, 3.8) is 0 Å². The van der Waals surface area contributed by atoms with Crippen LogP contribution in [0.4, 0.5) is 0 Å². The van der Waals surface area contributed by atoms with Gasteiger partial charge in [0.25, 0.3) is 0 Å². The molecule has 0 fully saturated rings. The van der Waals surface area contributed by atoms with E-state index in [1.54, 1.807) is 4.90 Å². The van der Waals surface area contributed by atoms with Gasteiger partial charge in [-0.3, -0.25) is 4.79 Å². The number of hydrogen-bond acceptors (Lipinski definition) is 3. The summed E-state index contributed by atoms with van der Waals surface area (Å²) in [6.45, 7) is 5.33. The monoisotopic (exact) mass is 202 g/mol. The van der Waals surface area contributed by atoms with Crippen LogP contribution >= 0.6 is 0 Å². The molecule has 0 aromatic heterocycles. The van der Waals surface area contributed by atoms with E-state index < -0.39 is 0 Å². The lowest BCUT2D eigenvalue weighted by atomic mass is 10.2. The molecule has 0 aliphatic rings. The molecule has 0 spiro atoms. The first-order valence-electron chi connectivity index (χ1n) is 5.26. The fourth-order valence-electron chi connectivity index (χ4n) is 1.23. The molecule has 0 rings (SSSR count). The lowest BCUT2D eigenvalue weighted by Gasteiger charge is -2.20. The van der Waals surface area contributed by atoms with Crippen LogP contribution in [0.25, 0.3) is 0 Å². The second kappa shape index (κ2) is 7.76. The highest BCUT2D eigenvalue weighted by molar-refractivity contribution is 5.76. The molecule has 14 heavy (non-hydrogen) atoms. The van der Waals surface area contributed by atoms with Crippen LogP contribution in [0.3, 0.4) is 0 Å². The molecule has 3 N–H and O–H groups in total. The van der Waals surface area contributed by atoms with Gasteiger partial charge in [-0.1, -0.05) is 0 Å². The highest BCUT2D eigenvalue weighted by Crippen LogP contribution is 2.01. The predicted molar refractivity (Wildman–Crippen MR) is 56.8 cm³/mol. The second-order valence-electron chi connectivity index (χ2n) is 3.57. The molecule has 0 aromatic carbocycles. The standard InChI is InChI=1S/C10H22N2O2/c1-3-12(7-4-8-13)10(14)6-5-9(2)11/h9,13H,3-8,11H2,1-2H3. The van der Waals surface area contributed by atoms with Crippen LogP contribution in [-0.2, 0) is 4.79 Å². The van der Waals surface area contributed by atoms with Crippen molar-refractivity contribution in [2.24, 2.45) is 5.73 Å². The van der Waals surface area contributed by atoms with E-state index in [2.05, 4.69) is 0 Å². The third-order valence-electron chi connectivity index (χ3n) is 2.13. The minimum atomic E-state index is 0.0792. The summed E-state index contributed by atoms with van der Waals surface area (Å²) in [7, 11) is 0. The molecule has 1 amide bonds. The molecule has 1 atom stereocenters. The zero-order chi connectivity index (χ0) is 11.0. The lowest BCUT2D eigenvalue weighted by Crippen LogP contribution is -2.33. The Labute approximate surface area is 86.1 Å². The zero-order valence-electron chi connectivity index (χ0n) is 9.20. The topological polar surface area (TPSA) is 66.6 Å². The van der Waals surface area contributed by atoms with E-state index in [-0.39, 0.29) is 18.6 Å². The minimum Gasteiger partial charge on any atom is -0.396 e. The summed E-state index contributed by atoms with van der Waals surface area (Å²) in [5, 5.41) is 8.65. The SMILES string of the molecule is CCN(CCCO)C(=O)CCC(C)N. The number of nitrogens with two attached hydrogens (primary N) is 1. The Morgan fingerprint density at radius 3 is 2.64 bits per heavy atom. The Kier molecular flexibility index (Phi) is 7.42. The van der Waals surface area contributed by atoms with Crippen LogP contribution in [-0.4, -0.2) is 41.7 Å². The number of amides is 1. The molecule has 0 saturated carbocycles. The molecule has 0 aliphatic heterocycles. The van der Waals surface area contributed by atoms with Gasteiger partial charge >= 0.3 is 0 Å². The van der Waals surface area contributed by atoms with Gasteiger partial charge in [0.05, 0.1) is 0 Å². The molecular weight excluding hydrogens is 180 g/mol. The van der Waals surface area contributed by atoms with Crippen LogP contribution in [0.2, 0.25) is 0 Å². The molecular formula is C10H22N2O2. The van der Waals surface area contributed by atoms with E-state index in [9.17, 15) is 4.79 Å². The third kappa shape index (κ3) is 5.94. The number of aliphatic hydroxyl groups excluding tert-OH is 1. The van der Waals surface area contributed by atoms with Crippen LogP contribution < -0.4 is 5.73 Å². The summed E-state index contributed by atoms with van der Waals surface area (Å²) < 4.78 is 0. The summed E-state index contributed by atoms with van der Waals surface area (Å²) in [6, 6.07) is 0.0792. The van der Waals surface area contributed by atoms with Crippen molar-refractivity contribution < 1.29 is 9.90 Å². The van der Waals surface area contributed by atoms with Crippen molar-refractivity contribution in [2.45, 2.75) is 39.2 Å². The van der Waals surface area contributed by atoms with Crippen molar-refractivity contribution in [1.29, 1.82) is 0 Å². The largest absolute Gasteiger partial charge is 0.396 e. The Balaban J connectivity index is 3.79. The number of aliphatic hydroxyl groups is 1. The molecule has 0 aromatic rings. The highest BCUT2D eigenvalue weighted by atomic mass is 16.3. The first kappa shape index (κ1) is 13.4. The Hall–Kier alpha value is -0.610. The second-order valence-corrected chi connectivity index (χ2v) is 3.57. The van der Waals surface area contributed by atoms with E-state index >= 15 is 0 Å². The molecule has 0 saturated heterocycles. The molecule has 4 nitrogen and oxygen atoms in total. The number of carbonyl (C=O) groups excluding carboxylic acids is 1. The van der Waals surface area contributed by atoms with Gasteiger partial charge in [-0.05, 0) is 26.7 Å². The van der Waals surface area contributed by atoms with Gasteiger partial charge in [0, 0.05) is 32.2 Å². The van der Waals surface area contributed by atoms with Gasteiger partial charge in [-0.2, -0.15) is 0 Å². The van der Waals surface area contributed by atoms with Crippen LogP contribution in [0.5, 0.6) is 0 Å². The molecule has 0 radical (unpaired) electrons. The van der Waals surface area contributed by atoms with Gasteiger partial charge in [0.2, 0.25) is 5.91 Å². The van der Waals surface area contributed by atoms with Crippen molar-refractivity contribution >= 4 is 5.91 Å². The lowest BCUT2D eigenvalue weighted by molar-refractivity contribution is -0.131. The normalized spacial score (nSPS) is 12.6. The summed E-state index contributed by atoms with van der Waals surface area (Å²) in [5.41, 5.74) is 5.57. The molecule has 0 aliphatic carbocycles. The maximum absolute atomic E-state index is 11.6. The number of nitrogens with zero attached hydrogens (tertiary/aromatic N) is 1. The highest BCUT2D eigenvalue weighted by Gasteiger charge is 2.11. The number of carbonyl (C=O) groups is 1. The molecule has 0 bridgehead atoms. The van der Waals surface area contributed by atoms with E-state index in [0.29, 0.717) is 25.9 Å². The predicted octanol–water partition coefficient (Wildman–Crippen LogP) is 0.345. The van der Waals surface area contributed by atoms with Crippen LogP contribution in [0.1, 0.15) is 33.1 Å². The van der Waals surface area contributed by atoms with Crippen molar-refractivity contribution in [1.82, 2.24) is 4.90 Å². The van der Waals surface area contributed by atoms with E-state index in [4.69, 9.17) is 10.8 Å². The molecule has 4 heteroatoms. The van der Waals surface area contributed by atoms with Gasteiger partial charge in [-0.15, -0.1) is 0 Å². The fraction of sp³-hybridized carbons (Fsp3) is 0.900. The van der Waals surface area contributed by atoms with E-state index in [0.717, 1.165) is 6.42 Å². The number of hydrogen-bond donors (Lipinski definition) is 2. The maximum atomic E-state index is 11.6. The van der Waals surface area contributed by atoms with Gasteiger partial charge in [0.15, 0.2) is 0 Å². The van der Waals surface area contributed by atoms with Crippen LogP contribution in [0, 0.1) is 0 Å². The first-order valence-corrected chi connectivity index (χ1v) is 5.26. The van der Waals surface area contributed by atoms with Gasteiger partial charge in [-0.25, -0.2) is 0 Å². The Bertz CT molecular complexity index is 160. The third-order valence-corrected chi connectivity index (χ3v) is 2.13. The molecule has 1 unspecified atom stereocenters. The Morgan fingerprint density at radius 2 is 2.21 bits per heavy atom. The average molecular weight is 202 g/mol. The summed E-state index contributed by atoms with van der Waals surface area (Å²) in [4.78, 5) is 13.3. The summed E-state index contributed by atoms with van der Waals surface area (Å²) in [6.07, 6.45) is 1.89. The molecule has 84 valence electrons. The van der Waals surface area contributed by atoms with E-state index in [1.807, 2.05) is 13.8 Å². The Morgan fingerprint density at radius 1 is 1.57 bits per heavy atom. The smallest absolute Gasteiger partial charge is 0.222 e. The van der Waals surface area contributed by atoms with E-state index in [1.165, 1.54) is 0 Å². The zero-order valence-corrected chi connectivity index (χ0v) is 9.20. The first-order chi connectivity index (χ1) is 6.61. The average Bonchev–Trinajstić information content (AvgIpc) is 2.16. The fourth-order valence-corrected chi connectivity index (χ4v) is 1.23. The van der Waals surface area contributed by atoms with Crippen molar-refractivity contribution in [2.75, 3.05) is 19.7 Å². The van der Waals surface area contributed by atoms with Crippen LogP contribution in [0.15, 0.2) is 0 Å².